The number of carboxylic acid groups (broad SMARTS) is 1. The summed E-state index contributed by atoms with van der Waals surface area (Å²) in [5, 5.41) is 8.75. The fourth-order valence-electron chi connectivity index (χ4n) is 0.999. The quantitative estimate of drug-likeness (QED) is 0.590. The summed E-state index contributed by atoms with van der Waals surface area (Å²) >= 11 is 0. The van der Waals surface area contributed by atoms with Gasteiger partial charge in [-0.2, -0.15) is 0 Å². The van der Waals surface area contributed by atoms with Gasteiger partial charge in [0.2, 0.25) is 4.87 Å². The predicted octanol–water partition coefficient (Wildman–Crippen LogP) is -0.506. The lowest BCUT2D eigenvalue weighted by Crippen LogP contribution is -2.46. The Morgan fingerprint density at radius 2 is 1.79 bits per heavy atom. The van der Waals surface area contributed by atoms with Crippen LogP contribution in [-0.2, 0) is 20.4 Å². The van der Waals surface area contributed by atoms with Crippen LogP contribution in [0.15, 0.2) is 30.3 Å². The molecule has 1 unspecified atom stereocenters. The van der Waals surface area contributed by atoms with Gasteiger partial charge < -0.3 is 5.11 Å². The molecular weight excluding hydrogens is 206 g/mol. The Balaban J connectivity index is 3.34. The number of carboxylic acids is 1. The second kappa shape index (κ2) is 3.77. The lowest BCUT2D eigenvalue weighted by Gasteiger charge is -2.17. The molecule has 1 rings (SSSR count). The van der Waals surface area contributed by atoms with Crippen LogP contribution in [0, 0.1) is 0 Å². The lowest BCUT2D eigenvalue weighted by atomic mass is 10.1. The van der Waals surface area contributed by atoms with E-state index in [9.17, 15) is 13.2 Å². The Morgan fingerprint density at radius 3 is 2.14 bits per heavy atom. The number of hydrogen-bond acceptors (Lipinski definition) is 4. The monoisotopic (exact) mass is 215 g/mol. The molecule has 0 radical (unpaired) electrons. The van der Waals surface area contributed by atoms with Crippen LogP contribution in [0.3, 0.4) is 0 Å². The third-order valence-corrected chi connectivity index (χ3v) is 2.85. The Hall–Kier alpha value is -1.40. The van der Waals surface area contributed by atoms with Crippen molar-refractivity contribution in [3.8, 4) is 0 Å². The molecular formula is C8H9NO4S. The molecule has 5 nitrogen and oxygen atoms in total. The number of nitrogens with two attached hydrogens (primary N) is 1. The molecule has 0 aromatic heterocycles. The van der Waals surface area contributed by atoms with E-state index in [2.05, 4.69) is 0 Å². The molecule has 0 aliphatic carbocycles. The first-order valence-electron chi connectivity index (χ1n) is 3.72. The molecule has 6 heteroatoms. The van der Waals surface area contributed by atoms with E-state index in [1.807, 2.05) is 0 Å². The maximum atomic E-state index is 10.8. The Kier molecular flexibility index (Phi) is 2.87. The Labute approximate surface area is 82.1 Å². The van der Waals surface area contributed by atoms with Gasteiger partial charge in [0.05, 0.1) is 0 Å². The molecule has 3 N–H and O–H groups in total. The third kappa shape index (κ3) is 1.61. The number of thiol groups is 1. The fraction of sp³-hybridized carbons (Fsp3) is 0.125. The maximum absolute atomic E-state index is 10.8. The van der Waals surface area contributed by atoms with Gasteiger partial charge in [0, 0.05) is 0 Å². The number of carbonyl (C=O) groups is 1. The van der Waals surface area contributed by atoms with Crippen molar-refractivity contribution in [1.29, 1.82) is 0 Å². The van der Waals surface area contributed by atoms with Crippen LogP contribution in [0.1, 0.15) is 5.56 Å². The van der Waals surface area contributed by atoms with Crippen molar-refractivity contribution in [2.24, 2.45) is 5.73 Å². The lowest BCUT2D eigenvalue weighted by molar-refractivity contribution is -0.140. The standard InChI is InChI=1S/C8H9NO4S/c9-8(7(10)11,14(12)13)6-4-2-1-3-5-6/h1-5,14H,9H2,(H,10,11). The van der Waals surface area contributed by atoms with E-state index in [0.717, 1.165) is 0 Å². The van der Waals surface area contributed by atoms with Gasteiger partial charge in [0.1, 0.15) is 0 Å². The molecule has 0 bridgehead atoms. The number of hydrogen-bond donors (Lipinski definition) is 3. The number of benzene rings is 1. The van der Waals surface area contributed by atoms with Crippen LogP contribution in [0.25, 0.3) is 0 Å². The van der Waals surface area contributed by atoms with Crippen LogP contribution in [0.5, 0.6) is 0 Å². The molecule has 1 atom stereocenters. The van der Waals surface area contributed by atoms with Crippen molar-refractivity contribution < 1.29 is 18.3 Å². The van der Waals surface area contributed by atoms with Crippen molar-refractivity contribution in [2.75, 3.05) is 0 Å². The van der Waals surface area contributed by atoms with E-state index in [1.165, 1.54) is 24.3 Å². The normalized spacial score (nSPS) is 15.0. The zero-order valence-corrected chi connectivity index (χ0v) is 7.98. The van der Waals surface area contributed by atoms with E-state index in [-0.39, 0.29) is 5.56 Å². The van der Waals surface area contributed by atoms with Crippen molar-refractivity contribution >= 4 is 16.7 Å². The van der Waals surface area contributed by atoms with Gasteiger partial charge in [-0.25, -0.2) is 13.2 Å². The van der Waals surface area contributed by atoms with Gasteiger partial charge in [-0.05, 0) is 5.56 Å². The summed E-state index contributed by atoms with van der Waals surface area (Å²) in [4.78, 5) is 8.42. The minimum Gasteiger partial charge on any atom is -0.479 e. The van der Waals surface area contributed by atoms with Crippen molar-refractivity contribution in [1.82, 2.24) is 0 Å². The first kappa shape index (κ1) is 10.7. The van der Waals surface area contributed by atoms with Crippen LogP contribution in [0.2, 0.25) is 0 Å². The van der Waals surface area contributed by atoms with Gasteiger partial charge in [0.15, 0.2) is 10.7 Å². The molecule has 0 aliphatic rings. The molecule has 1 aromatic carbocycles. The molecule has 0 fully saturated rings. The van der Waals surface area contributed by atoms with E-state index in [4.69, 9.17) is 10.8 Å². The Morgan fingerprint density at radius 1 is 1.29 bits per heavy atom. The van der Waals surface area contributed by atoms with E-state index >= 15 is 0 Å². The first-order valence-corrected chi connectivity index (χ1v) is 4.89. The van der Waals surface area contributed by atoms with Gasteiger partial charge >= 0.3 is 5.97 Å². The molecule has 76 valence electrons. The highest BCUT2D eigenvalue weighted by molar-refractivity contribution is 7.74. The van der Waals surface area contributed by atoms with Gasteiger partial charge in [-0.1, -0.05) is 30.3 Å². The van der Waals surface area contributed by atoms with E-state index in [1.54, 1.807) is 6.07 Å². The summed E-state index contributed by atoms with van der Waals surface area (Å²) in [6.07, 6.45) is 0. The molecule has 14 heavy (non-hydrogen) atoms. The van der Waals surface area contributed by atoms with Crippen molar-refractivity contribution in [2.45, 2.75) is 4.87 Å². The van der Waals surface area contributed by atoms with Crippen molar-refractivity contribution in [3.05, 3.63) is 35.9 Å². The fourth-order valence-corrected chi connectivity index (χ4v) is 1.52. The summed E-state index contributed by atoms with van der Waals surface area (Å²) in [6.45, 7) is 0. The topological polar surface area (TPSA) is 97.5 Å². The highest BCUT2D eigenvalue weighted by atomic mass is 32.2. The van der Waals surface area contributed by atoms with Gasteiger partial charge in [-0.15, -0.1) is 0 Å². The highest BCUT2D eigenvalue weighted by Crippen LogP contribution is 2.18. The number of rotatable bonds is 3. The second-order valence-electron chi connectivity index (χ2n) is 2.69. The summed E-state index contributed by atoms with van der Waals surface area (Å²) in [5.74, 6) is -1.58. The zero-order chi connectivity index (χ0) is 10.8. The zero-order valence-electron chi connectivity index (χ0n) is 7.08. The van der Waals surface area contributed by atoms with E-state index in [0.29, 0.717) is 0 Å². The summed E-state index contributed by atoms with van der Waals surface area (Å²) in [7, 11) is -3.28. The van der Waals surface area contributed by atoms with Crippen LogP contribution in [0.4, 0.5) is 0 Å². The molecule has 0 spiro atoms. The second-order valence-corrected chi connectivity index (χ2v) is 3.91. The SMILES string of the molecule is NC(C(=O)O)(c1ccccc1)[SH](=O)=O. The number of aliphatic carboxylic acids is 1. The molecule has 0 saturated carbocycles. The molecule has 0 heterocycles. The largest absolute Gasteiger partial charge is 0.479 e. The molecule has 0 saturated heterocycles. The van der Waals surface area contributed by atoms with Crippen molar-refractivity contribution in [3.63, 3.8) is 0 Å². The average Bonchev–Trinajstić information content (AvgIpc) is 2.17. The summed E-state index contributed by atoms with van der Waals surface area (Å²) in [5.41, 5.74) is 5.35. The highest BCUT2D eigenvalue weighted by Gasteiger charge is 2.39. The molecule has 1 aromatic rings. The average molecular weight is 215 g/mol. The Bertz CT molecular complexity index is 407. The van der Waals surface area contributed by atoms with Crippen LogP contribution >= 0.6 is 0 Å². The van der Waals surface area contributed by atoms with Gasteiger partial charge in [-0.3, -0.25) is 5.73 Å². The summed E-state index contributed by atoms with van der Waals surface area (Å²) in [6, 6.07) is 7.42. The predicted molar refractivity (Wildman–Crippen MR) is 50.3 cm³/mol. The molecule has 0 amide bonds. The third-order valence-electron chi connectivity index (χ3n) is 1.83. The van der Waals surface area contributed by atoms with Crippen LogP contribution < -0.4 is 5.73 Å². The summed E-state index contributed by atoms with van der Waals surface area (Å²) < 4.78 is 21.6. The molecule has 0 aliphatic heterocycles. The van der Waals surface area contributed by atoms with Gasteiger partial charge in [0.25, 0.3) is 0 Å². The first-order chi connectivity index (χ1) is 6.49. The van der Waals surface area contributed by atoms with Crippen LogP contribution in [-0.4, -0.2) is 19.5 Å². The van der Waals surface area contributed by atoms with E-state index < -0.39 is 21.5 Å². The maximum Gasteiger partial charge on any atom is 0.344 e. The minimum atomic E-state index is -3.28. The minimum absolute atomic E-state index is 0.0450. The smallest absolute Gasteiger partial charge is 0.344 e.